The van der Waals surface area contributed by atoms with Gasteiger partial charge in [0.05, 0.1) is 13.2 Å². The van der Waals surface area contributed by atoms with Crippen LogP contribution in [0.15, 0.2) is 42.0 Å². The molecular formula is C33H52N4O6. The summed E-state index contributed by atoms with van der Waals surface area (Å²) in [5.74, 6) is -2.38. The summed E-state index contributed by atoms with van der Waals surface area (Å²) in [7, 11) is 3.11. The van der Waals surface area contributed by atoms with Gasteiger partial charge in [-0.25, -0.2) is 4.79 Å². The van der Waals surface area contributed by atoms with Crippen molar-refractivity contribution in [2.45, 2.75) is 91.5 Å². The Labute approximate surface area is 257 Å². The second-order valence-electron chi connectivity index (χ2n) is 12.5. The summed E-state index contributed by atoms with van der Waals surface area (Å²) in [5, 5.41) is 15.3. The number of nitrogens with one attached hydrogen (secondary N) is 2. The Morgan fingerprint density at radius 3 is 2.07 bits per heavy atom. The van der Waals surface area contributed by atoms with E-state index in [1.165, 1.54) is 12.7 Å². The summed E-state index contributed by atoms with van der Waals surface area (Å²) < 4.78 is 4.86. The number of esters is 1. The molecule has 5 unspecified atom stereocenters. The van der Waals surface area contributed by atoms with Gasteiger partial charge in [0, 0.05) is 19.1 Å². The number of likely N-dealkylation sites (N-methyl/N-ethyl adjacent to an activating group) is 1. The van der Waals surface area contributed by atoms with E-state index in [0.717, 1.165) is 12.0 Å². The molecule has 1 aromatic carbocycles. The summed E-state index contributed by atoms with van der Waals surface area (Å²) in [5.41, 5.74) is 2.33. The number of ether oxygens (including phenoxy) is 1. The topological polar surface area (TPSA) is 128 Å². The Bertz CT molecular complexity index is 1120. The Morgan fingerprint density at radius 1 is 0.953 bits per heavy atom. The molecule has 10 heteroatoms. The summed E-state index contributed by atoms with van der Waals surface area (Å²) in [6.07, 6.45) is 3.72. The fourth-order valence-corrected chi connectivity index (χ4v) is 5.46. The first kappa shape index (κ1) is 36.0. The van der Waals surface area contributed by atoms with Gasteiger partial charge in [0.2, 0.25) is 11.8 Å². The molecule has 0 aliphatic carbocycles. The van der Waals surface area contributed by atoms with Crippen LogP contribution in [0.4, 0.5) is 0 Å². The van der Waals surface area contributed by atoms with Gasteiger partial charge in [0.1, 0.15) is 18.1 Å². The monoisotopic (exact) mass is 600 g/mol. The Kier molecular flexibility index (Phi) is 13.9. The highest BCUT2D eigenvalue weighted by Crippen LogP contribution is 2.26. The third kappa shape index (κ3) is 10.2. The molecule has 0 saturated heterocycles. The summed E-state index contributed by atoms with van der Waals surface area (Å²) in [4.78, 5) is 54.8. The molecule has 0 bridgehead atoms. The normalized spacial score (nSPS) is 19.5. The van der Waals surface area contributed by atoms with Crippen molar-refractivity contribution in [3.63, 3.8) is 0 Å². The molecule has 43 heavy (non-hydrogen) atoms. The van der Waals surface area contributed by atoms with Crippen LogP contribution in [0, 0.1) is 17.8 Å². The van der Waals surface area contributed by atoms with Gasteiger partial charge in [-0.2, -0.15) is 0 Å². The molecule has 3 N–H and O–H groups in total. The van der Waals surface area contributed by atoms with Crippen molar-refractivity contribution in [1.29, 1.82) is 0 Å². The second kappa shape index (κ2) is 16.6. The van der Waals surface area contributed by atoms with Crippen LogP contribution in [0.2, 0.25) is 0 Å². The second-order valence-corrected chi connectivity index (χ2v) is 12.5. The largest absolute Gasteiger partial charge is 0.480 e. The highest BCUT2D eigenvalue weighted by atomic mass is 16.5. The number of benzene rings is 1. The number of aliphatic carboxylic acids is 1. The Hall–Kier alpha value is -3.24. The van der Waals surface area contributed by atoms with E-state index >= 15 is 0 Å². The Balaban J connectivity index is 2.25. The Morgan fingerprint density at radius 2 is 1.53 bits per heavy atom. The summed E-state index contributed by atoms with van der Waals surface area (Å²) in [6, 6.07) is 7.29. The van der Waals surface area contributed by atoms with Crippen molar-refractivity contribution in [3.8, 4) is 0 Å². The number of nitrogens with zero attached hydrogens (tertiary/aromatic N) is 2. The van der Waals surface area contributed by atoms with E-state index in [9.17, 15) is 24.3 Å². The molecule has 2 amide bonds. The molecule has 10 nitrogen and oxygen atoms in total. The van der Waals surface area contributed by atoms with E-state index < -0.39 is 42.0 Å². The number of carboxylic acid groups (broad SMARTS) is 1. The van der Waals surface area contributed by atoms with E-state index in [1.807, 2.05) is 71.7 Å². The molecular weight excluding hydrogens is 548 g/mol. The van der Waals surface area contributed by atoms with Crippen molar-refractivity contribution >= 4 is 23.8 Å². The smallest absolute Gasteiger partial charge is 0.328 e. The van der Waals surface area contributed by atoms with Gasteiger partial charge in [-0.3, -0.25) is 24.2 Å². The first-order chi connectivity index (χ1) is 20.2. The summed E-state index contributed by atoms with van der Waals surface area (Å²) in [6.45, 7) is 14.2. The van der Waals surface area contributed by atoms with Crippen molar-refractivity contribution < 1.29 is 29.0 Å². The molecule has 2 rings (SSSR count). The fraction of sp³-hybridized carbons (Fsp3) is 0.636. The van der Waals surface area contributed by atoms with E-state index in [2.05, 4.69) is 33.7 Å². The number of methoxy groups -OCH3 is 1. The third-order valence-corrected chi connectivity index (χ3v) is 8.66. The molecule has 1 aliphatic rings. The van der Waals surface area contributed by atoms with Gasteiger partial charge in [0.25, 0.3) is 0 Å². The van der Waals surface area contributed by atoms with Crippen LogP contribution >= 0.6 is 0 Å². The quantitative estimate of drug-likeness (QED) is 0.220. The van der Waals surface area contributed by atoms with Crippen molar-refractivity contribution in [2.75, 3.05) is 27.2 Å². The molecule has 240 valence electrons. The molecule has 0 aromatic heterocycles. The lowest BCUT2D eigenvalue weighted by atomic mass is 9.94. The zero-order valence-electron chi connectivity index (χ0n) is 27.3. The number of carbonyl (C=O) groups excluding carboxylic acids is 3. The van der Waals surface area contributed by atoms with Crippen molar-refractivity contribution in [2.24, 2.45) is 17.8 Å². The number of amides is 2. The lowest BCUT2D eigenvalue weighted by Gasteiger charge is -2.32. The number of carboxylic acids is 1. The maximum absolute atomic E-state index is 13.6. The van der Waals surface area contributed by atoms with Gasteiger partial charge in [-0.05, 0) is 64.0 Å². The highest BCUT2D eigenvalue weighted by Gasteiger charge is 2.34. The minimum atomic E-state index is -0.869. The zero-order chi connectivity index (χ0) is 32.4. The molecule has 0 radical (unpaired) electrons. The first-order valence-corrected chi connectivity index (χ1v) is 15.3. The number of rotatable bonds is 14. The van der Waals surface area contributed by atoms with Gasteiger partial charge in [0.15, 0.2) is 0 Å². The molecule has 1 heterocycles. The number of hydrogen-bond acceptors (Lipinski definition) is 7. The molecule has 0 saturated carbocycles. The maximum Gasteiger partial charge on any atom is 0.328 e. The van der Waals surface area contributed by atoms with Crippen LogP contribution < -0.4 is 10.6 Å². The van der Waals surface area contributed by atoms with Gasteiger partial charge >= 0.3 is 11.9 Å². The lowest BCUT2D eigenvalue weighted by Crippen LogP contribution is -2.58. The SMILES string of the molecule is COC(=O)C(NC(=O)C(NC(=O)[C@H](C)N1CCC(C(C)N(C)C(C)C(=O)O)=CC(Cc2ccccc2)C1)C(C)C)C(C)C. The van der Waals surface area contributed by atoms with Crippen LogP contribution in [-0.4, -0.2) is 96.1 Å². The van der Waals surface area contributed by atoms with Crippen molar-refractivity contribution in [3.05, 3.63) is 47.5 Å². The minimum absolute atomic E-state index is 0.0915. The number of carbonyl (C=O) groups is 4. The molecule has 1 aromatic rings. The van der Waals surface area contributed by atoms with Gasteiger partial charge in [-0.15, -0.1) is 0 Å². The fourth-order valence-electron chi connectivity index (χ4n) is 5.46. The van der Waals surface area contributed by atoms with Gasteiger partial charge in [-0.1, -0.05) is 69.7 Å². The standard InChI is InChI=1S/C33H52N4O6/c1-20(2)28(31(39)35-29(21(3)4)33(42)43-9)34-30(38)23(6)37-16-15-27(22(5)36(8)24(7)32(40)41)18-26(19-37)17-25-13-11-10-12-14-25/h10-14,18,20-24,26,28-29H,15-17,19H2,1-9H3,(H,34,38)(H,35,39)(H,40,41)/t22?,23-,24?,26?,28?,29?/m0/s1. The van der Waals surface area contributed by atoms with E-state index in [-0.39, 0.29) is 29.7 Å². The van der Waals surface area contributed by atoms with E-state index in [0.29, 0.717) is 19.5 Å². The van der Waals surface area contributed by atoms with E-state index in [1.54, 1.807) is 6.92 Å². The molecule has 6 atom stereocenters. The highest BCUT2D eigenvalue weighted by molar-refractivity contribution is 5.92. The van der Waals surface area contributed by atoms with Crippen LogP contribution in [0.1, 0.15) is 60.5 Å². The van der Waals surface area contributed by atoms with E-state index in [4.69, 9.17) is 4.74 Å². The van der Waals surface area contributed by atoms with Crippen LogP contribution in [-0.2, 0) is 30.3 Å². The summed E-state index contributed by atoms with van der Waals surface area (Å²) >= 11 is 0. The molecule has 1 aliphatic heterocycles. The van der Waals surface area contributed by atoms with Gasteiger partial charge < -0.3 is 20.5 Å². The third-order valence-electron chi connectivity index (χ3n) is 8.66. The molecule has 0 fully saturated rings. The van der Waals surface area contributed by atoms with Crippen LogP contribution in [0.5, 0.6) is 0 Å². The van der Waals surface area contributed by atoms with Crippen molar-refractivity contribution in [1.82, 2.24) is 20.4 Å². The average Bonchev–Trinajstić information content (AvgIpc) is 3.19. The van der Waals surface area contributed by atoms with Crippen LogP contribution in [0.3, 0.4) is 0 Å². The first-order valence-electron chi connectivity index (χ1n) is 15.3. The maximum atomic E-state index is 13.6. The molecule has 0 spiro atoms. The lowest BCUT2D eigenvalue weighted by molar-refractivity contribution is -0.147. The predicted molar refractivity (Wildman–Crippen MR) is 167 cm³/mol. The van der Waals surface area contributed by atoms with Crippen LogP contribution in [0.25, 0.3) is 0 Å². The average molecular weight is 601 g/mol. The minimum Gasteiger partial charge on any atom is -0.480 e. The zero-order valence-corrected chi connectivity index (χ0v) is 27.3. The number of hydrogen-bond donors (Lipinski definition) is 3. The predicted octanol–water partition coefficient (Wildman–Crippen LogP) is 3.11.